The number of carbonyl (C=O) groups excluding carboxylic acids is 1. The van der Waals surface area contributed by atoms with Gasteiger partial charge in [0.2, 0.25) is 0 Å². The Kier molecular flexibility index (Phi) is 5.69. The molecule has 1 heterocycles. The molecule has 5 nitrogen and oxygen atoms in total. The quantitative estimate of drug-likeness (QED) is 0.496. The molecule has 0 fully saturated rings. The molecule has 0 aliphatic carbocycles. The summed E-state index contributed by atoms with van der Waals surface area (Å²) in [6.07, 6.45) is 4.57. The van der Waals surface area contributed by atoms with Crippen LogP contribution in [0.3, 0.4) is 0 Å². The molecule has 0 radical (unpaired) electrons. The standard InChI is InChI=1S/C21H23N3O2/c1-3-15(2)16-8-10-18(11-9-16)26-14-21(25)24-23-13-17-12-22-20-7-5-4-6-19(17)20/h4-13,15,22H,3,14H2,1-2H3,(H,24,25)/b23-13+. The minimum absolute atomic E-state index is 0.0755. The number of amides is 1. The summed E-state index contributed by atoms with van der Waals surface area (Å²) in [5.41, 5.74) is 5.71. The normalized spacial score (nSPS) is 12.4. The summed E-state index contributed by atoms with van der Waals surface area (Å²) >= 11 is 0. The first kappa shape index (κ1) is 17.7. The highest BCUT2D eigenvalue weighted by Crippen LogP contribution is 2.21. The molecule has 2 aromatic carbocycles. The molecule has 1 unspecified atom stereocenters. The molecular weight excluding hydrogens is 326 g/mol. The van der Waals surface area contributed by atoms with Gasteiger partial charge in [0.1, 0.15) is 5.75 Å². The van der Waals surface area contributed by atoms with Crippen molar-refractivity contribution in [2.24, 2.45) is 5.10 Å². The molecular formula is C21H23N3O2. The Morgan fingerprint density at radius 3 is 2.77 bits per heavy atom. The van der Waals surface area contributed by atoms with E-state index in [1.807, 2.05) is 54.7 Å². The molecule has 3 rings (SSSR count). The van der Waals surface area contributed by atoms with Crippen molar-refractivity contribution in [3.8, 4) is 5.75 Å². The molecule has 3 aromatic rings. The lowest BCUT2D eigenvalue weighted by molar-refractivity contribution is -0.123. The maximum Gasteiger partial charge on any atom is 0.277 e. The van der Waals surface area contributed by atoms with Crippen molar-refractivity contribution < 1.29 is 9.53 Å². The van der Waals surface area contributed by atoms with E-state index in [2.05, 4.69) is 29.4 Å². The van der Waals surface area contributed by atoms with Crippen molar-refractivity contribution in [1.29, 1.82) is 0 Å². The average molecular weight is 349 g/mol. The lowest BCUT2D eigenvalue weighted by Gasteiger charge is -2.10. The molecule has 26 heavy (non-hydrogen) atoms. The number of hydrogen-bond acceptors (Lipinski definition) is 3. The van der Waals surface area contributed by atoms with Crippen molar-refractivity contribution in [3.05, 3.63) is 65.9 Å². The number of H-pyrrole nitrogens is 1. The molecule has 5 heteroatoms. The van der Waals surface area contributed by atoms with E-state index in [-0.39, 0.29) is 12.5 Å². The van der Waals surface area contributed by atoms with Gasteiger partial charge in [-0.1, -0.05) is 44.2 Å². The fourth-order valence-electron chi connectivity index (χ4n) is 2.68. The van der Waals surface area contributed by atoms with Crippen LogP contribution in [0.2, 0.25) is 0 Å². The lowest BCUT2D eigenvalue weighted by atomic mass is 9.99. The number of ether oxygens (including phenoxy) is 1. The van der Waals surface area contributed by atoms with E-state index in [0.717, 1.165) is 22.9 Å². The molecule has 2 N–H and O–H groups in total. The zero-order valence-corrected chi connectivity index (χ0v) is 15.0. The molecule has 0 bridgehead atoms. The van der Waals surface area contributed by atoms with E-state index in [0.29, 0.717) is 11.7 Å². The van der Waals surface area contributed by atoms with Crippen LogP contribution in [0.25, 0.3) is 10.9 Å². The summed E-state index contributed by atoms with van der Waals surface area (Å²) in [4.78, 5) is 15.0. The molecule has 1 amide bonds. The van der Waals surface area contributed by atoms with Crippen molar-refractivity contribution in [2.45, 2.75) is 26.2 Å². The van der Waals surface area contributed by atoms with Crippen molar-refractivity contribution in [3.63, 3.8) is 0 Å². The Labute approximate surface area is 153 Å². The van der Waals surface area contributed by atoms with Gasteiger partial charge in [-0.25, -0.2) is 5.43 Å². The smallest absolute Gasteiger partial charge is 0.277 e. The zero-order valence-electron chi connectivity index (χ0n) is 15.0. The molecule has 1 atom stereocenters. The zero-order chi connectivity index (χ0) is 18.4. The summed E-state index contributed by atoms with van der Waals surface area (Å²) in [6, 6.07) is 15.8. The molecule has 0 aliphatic rings. The van der Waals surface area contributed by atoms with Crippen LogP contribution in [0.1, 0.15) is 37.3 Å². The fourth-order valence-corrected chi connectivity index (χ4v) is 2.68. The van der Waals surface area contributed by atoms with E-state index in [9.17, 15) is 4.79 Å². The van der Waals surface area contributed by atoms with Gasteiger partial charge in [-0.05, 0) is 36.1 Å². The third-order valence-electron chi connectivity index (χ3n) is 4.45. The van der Waals surface area contributed by atoms with Gasteiger partial charge in [-0.2, -0.15) is 5.10 Å². The first-order valence-electron chi connectivity index (χ1n) is 8.78. The predicted molar refractivity (Wildman–Crippen MR) is 105 cm³/mol. The van der Waals surface area contributed by atoms with E-state index < -0.39 is 0 Å². The summed E-state index contributed by atoms with van der Waals surface area (Å²) < 4.78 is 5.50. The van der Waals surface area contributed by atoms with Gasteiger partial charge in [-0.15, -0.1) is 0 Å². The molecule has 134 valence electrons. The highest BCUT2D eigenvalue weighted by atomic mass is 16.5. The predicted octanol–water partition coefficient (Wildman–Crippen LogP) is 4.21. The highest BCUT2D eigenvalue weighted by Gasteiger charge is 2.05. The third-order valence-corrected chi connectivity index (χ3v) is 4.45. The third kappa shape index (κ3) is 4.30. The number of hydrogen-bond donors (Lipinski definition) is 2. The Bertz CT molecular complexity index is 897. The van der Waals surface area contributed by atoms with Crippen LogP contribution in [-0.4, -0.2) is 23.7 Å². The fraction of sp³-hybridized carbons (Fsp3) is 0.238. The van der Waals surface area contributed by atoms with Crippen LogP contribution in [0.4, 0.5) is 0 Å². The number of para-hydroxylation sites is 1. The number of aromatic amines is 1. The Morgan fingerprint density at radius 1 is 1.23 bits per heavy atom. The van der Waals surface area contributed by atoms with E-state index >= 15 is 0 Å². The average Bonchev–Trinajstić information content (AvgIpc) is 3.09. The van der Waals surface area contributed by atoms with E-state index in [1.54, 1.807) is 6.21 Å². The first-order valence-corrected chi connectivity index (χ1v) is 8.78. The monoisotopic (exact) mass is 349 g/mol. The van der Waals surface area contributed by atoms with Gasteiger partial charge in [0.15, 0.2) is 6.61 Å². The van der Waals surface area contributed by atoms with Gasteiger partial charge < -0.3 is 9.72 Å². The lowest BCUT2D eigenvalue weighted by Crippen LogP contribution is -2.24. The van der Waals surface area contributed by atoms with Crippen molar-refractivity contribution in [1.82, 2.24) is 10.4 Å². The number of benzene rings is 2. The Morgan fingerprint density at radius 2 is 2.00 bits per heavy atom. The van der Waals surface area contributed by atoms with Crippen LogP contribution >= 0.6 is 0 Å². The van der Waals surface area contributed by atoms with Gasteiger partial charge >= 0.3 is 0 Å². The maximum absolute atomic E-state index is 11.9. The minimum atomic E-state index is -0.299. The first-order chi connectivity index (χ1) is 12.7. The van der Waals surface area contributed by atoms with E-state index in [1.165, 1.54) is 5.56 Å². The van der Waals surface area contributed by atoms with Crippen molar-refractivity contribution in [2.75, 3.05) is 6.61 Å². The van der Waals surface area contributed by atoms with Gasteiger partial charge in [0.05, 0.1) is 6.21 Å². The topological polar surface area (TPSA) is 66.5 Å². The Balaban J connectivity index is 1.50. The van der Waals surface area contributed by atoms with Gasteiger partial charge in [0.25, 0.3) is 5.91 Å². The Hall–Kier alpha value is -3.08. The highest BCUT2D eigenvalue weighted by molar-refractivity contribution is 5.99. The largest absolute Gasteiger partial charge is 0.484 e. The number of rotatable bonds is 7. The van der Waals surface area contributed by atoms with Gasteiger partial charge in [-0.3, -0.25) is 4.79 Å². The second-order valence-corrected chi connectivity index (χ2v) is 6.25. The number of nitrogens with one attached hydrogen (secondary N) is 2. The van der Waals surface area contributed by atoms with Crippen LogP contribution < -0.4 is 10.2 Å². The number of fused-ring (bicyclic) bond motifs is 1. The summed E-state index contributed by atoms with van der Waals surface area (Å²) in [6.45, 7) is 4.28. The SMILES string of the molecule is CCC(C)c1ccc(OCC(=O)N/N=C/c2c[nH]c3ccccc23)cc1. The molecule has 0 saturated carbocycles. The second kappa shape index (κ2) is 8.34. The molecule has 1 aromatic heterocycles. The number of aromatic nitrogens is 1. The molecule has 0 saturated heterocycles. The van der Waals surface area contributed by atoms with Crippen LogP contribution in [0, 0.1) is 0 Å². The number of nitrogens with zero attached hydrogens (tertiary/aromatic N) is 1. The summed E-state index contributed by atoms with van der Waals surface area (Å²) in [7, 11) is 0. The van der Waals surface area contributed by atoms with Crippen LogP contribution in [-0.2, 0) is 4.79 Å². The number of carbonyl (C=O) groups is 1. The van der Waals surface area contributed by atoms with Crippen LogP contribution in [0.5, 0.6) is 5.75 Å². The van der Waals surface area contributed by atoms with Crippen molar-refractivity contribution >= 4 is 23.0 Å². The second-order valence-electron chi connectivity index (χ2n) is 6.25. The van der Waals surface area contributed by atoms with Crippen LogP contribution in [0.15, 0.2) is 59.8 Å². The molecule has 0 spiro atoms. The molecule has 0 aliphatic heterocycles. The maximum atomic E-state index is 11.9. The summed E-state index contributed by atoms with van der Waals surface area (Å²) in [5.74, 6) is 0.895. The summed E-state index contributed by atoms with van der Waals surface area (Å²) in [5, 5.41) is 5.06. The minimum Gasteiger partial charge on any atom is -0.484 e. The van der Waals surface area contributed by atoms with Gasteiger partial charge in [0, 0.05) is 22.7 Å². The van der Waals surface area contributed by atoms with E-state index in [4.69, 9.17) is 4.74 Å². The number of hydrazone groups is 1.